The fraction of sp³-hybridized carbons (Fsp3) is 0.300. The molecule has 1 atom stereocenters. The lowest BCUT2D eigenvalue weighted by Gasteiger charge is -2.33. The van der Waals surface area contributed by atoms with Gasteiger partial charge in [0.2, 0.25) is 0 Å². The fourth-order valence-corrected chi connectivity index (χ4v) is 3.21. The van der Waals surface area contributed by atoms with Gasteiger partial charge >= 0.3 is 0 Å². The maximum absolute atomic E-state index is 14.3. The van der Waals surface area contributed by atoms with Gasteiger partial charge in [-0.15, -0.1) is 24.8 Å². The summed E-state index contributed by atoms with van der Waals surface area (Å²) in [6.45, 7) is 2.74. The van der Waals surface area contributed by atoms with Crippen LogP contribution in [0.15, 0.2) is 48.7 Å². The molecule has 1 aliphatic rings. The van der Waals surface area contributed by atoms with Gasteiger partial charge in [0, 0.05) is 31.4 Å². The number of halogens is 3. The lowest BCUT2D eigenvalue weighted by atomic mass is 10.0. The maximum atomic E-state index is 14.3. The van der Waals surface area contributed by atoms with Crippen LogP contribution in [0.1, 0.15) is 24.0 Å². The Balaban J connectivity index is 0.00000210. The maximum Gasteiger partial charge on any atom is 0.267 e. The Hall–Kier alpha value is -2.19. The molecular weight excluding hydrogens is 418 g/mol. The second-order valence-corrected chi connectivity index (χ2v) is 6.61. The van der Waals surface area contributed by atoms with Crippen molar-refractivity contribution in [3.05, 3.63) is 65.6 Å². The molecule has 2 heterocycles. The Morgan fingerprint density at radius 2 is 2.07 bits per heavy atom. The van der Waals surface area contributed by atoms with Crippen LogP contribution in [0.25, 0.3) is 6.08 Å². The average Bonchev–Trinajstić information content (AvgIpc) is 2.69. The summed E-state index contributed by atoms with van der Waals surface area (Å²) in [4.78, 5) is 17.5. The van der Waals surface area contributed by atoms with Crippen LogP contribution in [-0.4, -0.2) is 40.1 Å². The number of benzene rings is 1. The van der Waals surface area contributed by atoms with E-state index in [9.17, 15) is 9.18 Å². The minimum atomic E-state index is -0.682. The van der Waals surface area contributed by atoms with Crippen molar-refractivity contribution in [1.29, 1.82) is 0 Å². The number of nitrogens with one attached hydrogen (secondary N) is 2. The molecule has 0 saturated carbocycles. The number of nitrogens with zero attached hydrogens (tertiary/aromatic N) is 2. The van der Waals surface area contributed by atoms with Crippen molar-refractivity contribution in [3.63, 3.8) is 0 Å². The second kappa shape index (κ2) is 12.4. The highest BCUT2D eigenvalue weighted by Crippen LogP contribution is 2.19. The lowest BCUT2D eigenvalue weighted by molar-refractivity contribution is -0.124. The Kier molecular flexibility index (Phi) is 10.6. The summed E-state index contributed by atoms with van der Waals surface area (Å²) in [5, 5.41) is 11.7. The van der Waals surface area contributed by atoms with Crippen molar-refractivity contribution in [2.45, 2.75) is 25.4 Å². The molecule has 3 rings (SSSR count). The van der Waals surface area contributed by atoms with E-state index in [0.29, 0.717) is 5.56 Å². The van der Waals surface area contributed by atoms with Crippen LogP contribution in [-0.2, 0) is 11.3 Å². The number of carbonyl (C=O) groups is 1. The highest BCUT2D eigenvalue weighted by molar-refractivity contribution is 5.90. The molecule has 1 aromatic carbocycles. The Bertz CT molecular complexity index is 808. The third-order valence-electron chi connectivity index (χ3n) is 4.50. The number of anilines is 1. The van der Waals surface area contributed by atoms with Gasteiger partial charge in [0.25, 0.3) is 5.91 Å². The molecule has 1 amide bonds. The number of likely N-dealkylation sites (tertiary alicyclic amines) is 1. The zero-order valence-electron chi connectivity index (χ0n) is 15.8. The van der Waals surface area contributed by atoms with Crippen molar-refractivity contribution in [2.24, 2.45) is 0 Å². The van der Waals surface area contributed by atoms with Gasteiger partial charge in [0.05, 0.1) is 0 Å². The van der Waals surface area contributed by atoms with Gasteiger partial charge < -0.3 is 5.32 Å². The van der Waals surface area contributed by atoms with Crippen molar-refractivity contribution >= 4 is 42.6 Å². The van der Waals surface area contributed by atoms with Crippen molar-refractivity contribution < 1.29 is 14.4 Å². The Labute approximate surface area is 182 Å². The lowest BCUT2D eigenvalue weighted by Crippen LogP contribution is -2.41. The fourth-order valence-electron chi connectivity index (χ4n) is 3.21. The standard InChI is InChI=1S/C20H23FN4O2.2ClH/c21-18-11-16(8-9-19(26)24-27)12-22-20(18)23-17-7-4-10-25(14-17)13-15-5-2-1-3-6-15;;/h1-3,5-6,8-9,11-12,17,27H,4,7,10,13-14H2,(H,22,23)(H,24,26);2*1H/b9-8+;;/t17-;;/m1../s1. The number of hydroxylamine groups is 1. The van der Waals surface area contributed by atoms with Crippen LogP contribution in [0, 0.1) is 5.82 Å². The number of hydrogen-bond donors (Lipinski definition) is 3. The molecular formula is C20H25Cl2FN4O2. The third-order valence-corrected chi connectivity index (χ3v) is 4.50. The molecule has 0 unspecified atom stereocenters. The normalized spacial score (nSPS) is 16.6. The van der Waals surface area contributed by atoms with E-state index in [1.54, 1.807) is 0 Å². The number of amides is 1. The van der Waals surface area contributed by atoms with Gasteiger partial charge in [-0.1, -0.05) is 30.3 Å². The summed E-state index contributed by atoms with van der Waals surface area (Å²) >= 11 is 0. The predicted molar refractivity (Wildman–Crippen MR) is 116 cm³/mol. The van der Waals surface area contributed by atoms with E-state index in [0.717, 1.165) is 38.6 Å². The monoisotopic (exact) mass is 442 g/mol. The molecule has 1 saturated heterocycles. The molecule has 6 nitrogen and oxygen atoms in total. The zero-order chi connectivity index (χ0) is 19.1. The van der Waals surface area contributed by atoms with Gasteiger partial charge in [-0.3, -0.25) is 14.9 Å². The summed E-state index contributed by atoms with van der Waals surface area (Å²) < 4.78 is 14.3. The van der Waals surface area contributed by atoms with E-state index in [2.05, 4.69) is 27.3 Å². The topological polar surface area (TPSA) is 77.5 Å². The van der Waals surface area contributed by atoms with Gasteiger partial charge in [0.15, 0.2) is 11.6 Å². The van der Waals surface area contributed by atoms with E-state index >= 15 is 0 Å². The van der Waals surface area contributed by atoms with Gasteiger partial charge in [-0.05, 0) is 42.7 Å². The summed E-state index contributed by atoms with van der Waals surface area (Å²) in [5.41, 5.74) is 3.19. The molecule has 1 fully saturated rings. The first-order chi connectivity index (χ1) is 13.1. The highest BCUT2D eigenvalue weighted by Gasteiger charge is 2.21. The summed E-state index contributed by atoms with van der Waals surface area (Å²) in [7, 11) is 0. The van der Waals surface area contributed by atoms with Gasteiger partial charge in [0.1, 0.15) is 0 Å². The van der Waals surface area contributed by atoms with E-state index in [1.165, 1.54) is 29.4 Å². The summed E-state index contributed by atoms with van der Waals surface area (Å²) in [6.07, 6.45) is 5.98. The van der Waals surface area contributed by atoms with E-state index in [1.807, 2.05) is 18.2 Å². The van der Waals surface area contributed by atoms with Crippen molar-refractivity contribution in [2.75, 3.05) is 18.4 Å². The van der Waals surface area contributed by atoms with Crippen molar-refractivity contribution in [3.8, 4) is 0 Å². The highest BCUT2D eigenvalue weighted by atomic mass is 35.5. The SMILES string of the molecule is Cl.Cl.O=C(/C=C/c1cnc(N[C@@H]2CCCN(Cc3ccccc3)C2)c(F)c1)NO. The largest absolute Gasteiger partial charge is 0.364 e. The molecule has 3 N–H and O–H groups in total. The molecule has 1 aliphatic heterocycles. The van der Waals surface area contributed by atoms with Crippen LogP contribution in [0.4, 0.5) is 10.2 Å². The van der Waals surface area contributed by atoms with E-state index < -0.39 is 11.7 Å². The average molecular weight is 443 g/mol. The smallest absolute Gasteiger partial charge is 0.267 e. The van der Waals surface area contributed by atoms with Gasteiger partial charge in [-0.25, -0.2) is 14.9 Å². The first-order valence-electron chi connectivity index (χ1n) is 8.94. The third kappa shape index (κ3) is 7.62. The van der Waals surface area contributed by atoms with Crippen LogP contribution in [0.5, 0.6) is 0 Å². The molecule has 29 heavy (non-hydrogen) atoms. The first-order valence-corrected chi connectivity index (χ1v) is 8.94. The zero-order valence-corrected chi connectivity index (χ0v) is 17.4. The minimum Gasteiger partial charge on any atom is -0.364 e. The van der Waals surface area contributed by atoms with E-state index in [-0.39, 0.29) is 36.7 Å². The van der Waals surface area contributed by atoms with Crippen molar-refractivity contribution in [1.82, 2.24) is 15.4 Å². The van der Waals surface area contributed by atoms with Gasteiger partial charge in [-0.2, -0.15) is 0 Å². The Morgan fingerprint density at radius 3 is 2.76 bits per heavy atom. The molecule has 158 valence electrons. The first kappa shape index (κ1) is 24.8. The molecule has 0 aliphatic carbocycles. The Morgan fingerprint density at radius 1 is 1.31 bits per heavy atom. The van der Waals surface area contributed by atoms with Crippen LogP contribution in [0.2, 0.25) is 0 Å². The molecule has 1 aromatic heterocycles. The molecule has 9 heteroatoms. The minimum absolute atomic E-state index is 0. The summed E-state index contributed by atoms with van der Waals surface area (Å²) in [6, 6.07) is 11.7. The summed E-state index contributed by atoms with van der Waals surface area (Å²) in [5.74, 6) is -0.939. The van der Waals surface area contributed by atoms with Crippen LogP contribution < -0.4 is 10.8 Å². The molecule has 0 bridgehead atoms. The molecule has 0 radical (unpaired) electrons. The number of rotatable bonds is 6. The number of carbonyl (C=O) groups excluding carboxylic acids is 1. The van der Waals surface area contributed by atoms with Crippen LogP contribution >= 0.6 is 24.8 Å². The predicted octanol–water partition coefficient (Wildman–Crippen LogP) is 3.66. The number of aromatic nitrogens is 1. The molecule has 2 aromatic rings. The number of hydrogen-bond acceptors (Lipinski definition) is 5. The number of piperidine rings is 1. The quantitative estimate of drug-likeness (QED) is 0.361. The second-order valence-electron chi connectivity index (χ2n) is 6.61. The van der Waals surface area contributed by atoms with E-state index in [4.69, 9.17) is 5.21 Å². The van der Waals surface area contributed by atoms with Crippen LogP contribution in [0.3, 0.4) is 0 Å². The number of pyridine rings is 1. The molecule has 0 spiro atoms.